The van der Waals surface area contributed by atoms with Crippen molar-refractivity contribution in [3.63, 3.8) is 0 Å². The van der Waals surface area contributed by atoms with E-state index in [-0.39, 0.29) is 5.57 Å². The Bertz CT molecular complexity index is 713. The largest absolute Gasteiger partial charge is 0.478 e. The molecule has 0 saturated carbocycles. The van der Waals surface area contributed by atoms with Gasteiger partial charge in [-0.3, -0.25) is 0 Å². The number of benzene rings is 1. The van der Waals surface area contributed by atoms with Crippen molar-refractivity contribution in [1.82, 2.24) is 4.57 Å². The Hall–Kier alpha value is -1.74. The fourth-order valence-electron chi connectivity index (χ4n) is 2.53. The fraction of sp³-hybridized carbons (Fsp3) is 0.353. The predicted molar refractivity (Wildman–Crippen MR) is 87.9 cm³/mol. The first-order valence-electron chi connectivity index (χ1n) is 7.16. The molecule has 0 radical (unpaired) electrons. The lowest BCUT2D eigenvalue weighted by Gasteiger charge is -2.07. The van der Waals surface area contributed by atoms with Crippen LogP contribution in [0.15, 0.2) is 23.8 Å². The second-order valence-electron chi connectivity index (χ2n) is 5.31. The van der Waals surface area contributed by atoms with Crippen LogP contribution in [0.1, 0.15) is 37.8 Å². The molecule has 1 heterocycles. The zero-order chi connectivity index (χ0) is 15.6. The van der Waals surface area contributed by atoms with Crippen LogP contribution >= 0.6 is 11.6 Å². The minimum Gasteiger partial charge on any atom is -0.478 e. The highest BCUT2D eigenvalue weighted by atomic mass is 35.5. The van der Waals surface area contributed by atoms with Crippen LogP contribution < -0.4 is 0 Å². The van der Waals surface area contributed by atoms with E-state index in [4.69, 9.17) is 16.7 Å². The molecule has 3 nitrogen and oxygen atoms in total. The van der Waals surface area contributed by atoms with Crippen molar-refractivity contribution in [1.29, 1.82) is 0 Å². The van der Waals surface area contributed by atoms with Crippen molar-refractivity contribution in [2.75, 3.05) is 0 Å². The molecule has 1 N–H and O–H groups in total. The Balaban J connectivity index is 2.71. The minimum absolute atomic E-state index is 0.285. The number of carbonyl (C=O) groups is 1. The Kier molecular flexibility index (Phi) is 4.73. The monoisotopic (exact) mass is 305 g/mol. The molecular formula is C17H20ClNO2. The van der Waals surface area contributed by atoms with Crippen LogP contribution in [-0.2, 0) is 11.3 Å². The number of para-hydroxylation sites is 1. The van der Waals surface area contributed by atoms with E-state index >= 15 is 0 Å². The summed E-state index contributed by atoms with van der Waals surface area (Å²) in [4.78, 5) is 11.1. The van der Waals surface area contributed by atoms with E-state index in [0.717, 1.165) is 41.4 Å². The van der Waals surface area contributed by atoms with Gasteiger partial charge in [0.2, 0.25) is 0 Å². The Labute approximate surface area is 129 Å². The van der Waals surface area contributed by atoms with Crippen LogP contribution in [0.2, 0.25) is 5.15 Å². The molecular weight excluding hydrogens is 286 g/mol. The Morgan fingerprint density at radius 3 is 2.76 bits per heavy atom. The number of hydrogen-bond acceptors (Lipinski definition) is 1. The Morgan fingerprint density at radius 2 is 2.14 bits per heavy atom. The molecule has 4 heteroatoms. The third kappa shape index (κ3) is 2.98. The van der Waals surface area contributed by atoms with Gasteiger partial charge in [0.15, 0.2) is 0 Å². The van der Waals surface area contributed by atoms with Crippen molar-refractivity contribution in [2.24, 2.45) is 0 Å². The van der Waals surface area contributed by atoms with Gasteiger partial charge in [0.05, 0.1) is 5.52 Å². The molecule has 1 aromatic carbocycles. The van der Waals surface area contributed by atoms with Crippen molar-refractivity contribution < 1.29 is 9.90 Å². The fourth-order valence-corrected chi connectivity index (χ4v) is 2.86. The lowest BCUT2D eigenvalue weighted by molar-refractivity contribution is -0.132. The third-order valence-electron chi connectivity index (χ3n) is 3.69. The number of rotatable bonds is 5. The standard InChI is InChI=1S/C17H20ClNO2/c1-4-5-9-19-15-11(2)7-6-8-13(15)14(16(19)18)10-12(3)17(20)21/h6-8,10H,4-5,9H2,1-3H3,(H,20,21)/b12-10+. The topological polar surface area (TPSA) is 42.2 Å². The maximum Gasteiger partial charge on any atom is 0.331 e. The van der Waals surface area contributed by atoms with Gasteiger partial charge in [-0.15, -0.1) is 0 Å². The summed E-state index contributed by atoms with van der Waals surface area (Å²) < 4.78 is 2.09. The zero-order valence-electron chi connectivity index (χ0n) is 12.6. The first kappa shape index (κ1) is 15.6. The second-order valence-corrected chi connectivity index (χ2v) is 5.67. The molecule has 0 aliphatic rings. The highest BCUT2D eigenvalue weighted by molar-refractivity contribution is 6.33. The van der Waals surface area contributed by atoms with Crippen LogP contribution in [0.5, 0.6) is 0 Å². The van der Waals surface area contributed by atoms with Gasteiger partial charge in [-0.2, -0.15) is 0 Å². The van der Waals surface area contributed by atoms with E-state index in [0.29, 0.717) is 5.15 Å². The van der Waals surface area contributed by atoms with Crippen molar-refractivity contribution in [3.05, 3.63) is 40.1 Å². The minimum atomic E-state index is -0.923. The average Bonchev–Trinajstić information content (AvgIpc) is 2.71. The number of nitrogens with zero attached hydrogens (tertiary/aromatic N) is 1. The van der Waals surface area contributed by atoms with Gasteiger partial charge in [0.25, 0.3) is 0 Å². The Morgan fingerprint density at radius 1 is 1.43 bits per heavy atom. The van der Waals surface area contributed by atoms with Crippen LogP contribution in [0.25, 0.3) is 17.0 Å². The van der Waals surface area contributed by atoms with E-state index in [1.807, 2.05) is 12.1 Å². The van der Waals surface area contributed by atoms with E-state index in [9.17, 15) is 4.79 Å². The number of halogens is 1. The highest BCUT2D eigenvalue weighted by Crippen LogP contribution is 2.34. The zero-order valence-corrected chi connectivity index (χ0v) is 13.4. The molecule has 0 spiro atoms. The van der Waals surface area contributed by atoms with Gasteiger partial charge in [0, 0.05) is 23.1 Å². The molecule has 0 atom stereocenters. The summed E-state index contributed by atoms with van der Waals surface area (Å²) in [5, 5.41) is 10.7. The van der Waals surface area contributed by atoms with Gasteiger partial charge in [-0.25, -0.2) is 4.79 Å². The first-order valence-corrected chi connectivity index (χ1v) is 7.54. The maximum atomic E-state index is 11.1. The van der Waals surface area contributed by atoms with E-state index in [1.54, 1.807) is 13.0 Å². The lowest BCUT2D eigenvalue weighted by atomic mass is 10.1. The quantitative estimate of drug-likeness (QED) is 0.799. The molecule has 0 unspecified atom stereocenters. The first-order chi connectivity index (χ1) is 9.97. The molecule has 0 saturated heterocycles. The number of fused-ring (bicyclic) bond motifs is 1. The summed E-state index contributed by atoms with van der Waals surface area (Å²) in [5.41, 5.74) is 3.33. The summed E-state index contributed by atoms with van der Waals surface area (Å²) >= 11 is 6.53. The van der Waals surface area contributed by atoms with E-state index in [1.165, 1.54) is 0 Å². The van der Waals surface area contributed by atoms with Crippen LogP contribution in [0, 0.1) is 6.92 Å². The molecule has 112 valence electrons. The summed E-state index contributed by atoms with van der Waals surface area (Å²) in [6, 6.07) is 6.03. The van der Waals surface area contributed by atoms with Crippen LogP contribution in [0.4, 0.5) is 0 Å². The summed E-state index contributed by atoms with van der Waals surface area (Å²) in [6.45, 7) is 6.63. The number of carboxylic acids is 1. The van der Waals surface area contributed by atoms with Gasteiger partial charge in [-0.1, -0.05) is 43.1 Å². The molecule has 1 aromatic heterocycles. The molecule has 2 aromatic rings. The van der Waals surface area contributed by atoms with Gasteiger partial charge in [0.1, 0.15) is 5.15 Å². The normalized spacial score (nSPS) is 12.1. The maximum absolute atomic E-state index is 11.1. The second kappa shape index (κ2) is 6.35. The molecule has 0 bridgehead atoms. The molecule has 0 aliphatic carbocycles. The summed E-state index contributed by atoms with van der Waals surface area (Å²) in [7, 11) is 0. The van der Waals surface area contributed by atoms with E-state index < -0.39 is 5.97 Å². The van der Waals surface area contributed by atoms with Gasteiger partial charge in [-0.05, 0) is 31.9 Å². The van der Waals surface area contributed by atoms with Gasteiger partial charge < -0.3 is 9.67 Å². The van der Waals surface area contributed by atoms with Crippen molar-refractivity contribution in [3.8, 4) is 0 Å². The molecule has 0 amide bonds. The van der Waals surface area contributed by atoms with E-state index in [2.05, 4.69) is 24.5 Å². The van der Waals surface area contributed by atoms with Crippen molar-refractivity contribution in [2.45, 2.75) is 40.2 Å². The predicted octanol–water partition coefficient (Wildman–Crippen LogP) is 4.89. The highest BCUT2D eigenvalue weighted by Gasteiger charge is 2.16. The number of carboxylic acid groups (broad SMARTS) is 1. The number of hydrogen-bond donors (Lipinski definition) is 1. The van der Waals surface area contributed by atoms with Crippen LogP contribution in [-0.4, -0.2) is 15.6 Å². The summed E-state index contributed by atoms with van der Waals surface area (Å²) in [5.74, 6) is -0.923. The third-order valence-corrected chi connectivity index (χ3v) is 4.10. The van der Waals surface area contributed by atoms with Crippen molar-refractivity contribution >= 4 is 34.5 Å². The molecule has 0 aliphatic heterocycles. The number of aliphatic carboxylic acids is 1. The van der Waals surface area contributed by atoms with Gasteiger partial charge >= 0.3 is 5.97 Å². The van der Waals surface area contributed by atoms with Crippen LogP contribution in [0.3, 0.4) is 0 Å². The number of aryl methyl sites for hydroxylation is 2. The summed E-state index contributed by atoms with van der Waals surface area (Å²) in [6.07, 6.45) is 3.79. The molecule has 2 rings (SSSR count). The molecule has 0 fully saturated rings. The SMILES string of the molecule is CCCCn1c(Cl)c(/C=C(\C)C(=O)O)c2cccc(C)c21. The number of unbranched alkanes of at least 4 members (excludes halogenated alkanes) is 1. The smallest absolute Gasteiger partial charge is 0.331 e. The number of aromatic nitrogens is 1. The average molecular weight is 306 g/mol. The molecule has 21 heavy (non-hydrogen) atoms. The lowest BCUT2D eigenvalue weighted by Crippen LogP contribution is -1.99.